The molecule has 1 rings (SSSR count). The van der Waals surface area contributed by atoms with Gasteiger partial charge in [0.15, 0.2) is 0 Å². The number of benzene rings is 1. The molecule has 0 saturated carbocycles. The number of carbonyl (C=O) groups is 1. The van der Waals surface area contributed by atoms with Gasteiger partial charge in [-0.15, -0.1) is 0 Å². The lowest BCUT2D eigenvalue weighted by Crippen LogP contribution is -2.07. The van der Waals surface area contributed by atoms with E-state index >= 15 is 0 Å². The molecule has 0 spiro atoms. The van der Waals surface area contributed by atoms with Crippen molar-refractivity contribution in [3.8, 4) is 0 Å². The van der Waals surface area contributed by atoms with E-state index in [4.69, 9.17) is 0 Å². The van der Waals surface area contributed by atoms with Crippen molar-refractivity contribution >= 4 is 11.6 Å². The zero-order valence-electron chi connectivity index (χ0n) is 8.16. The second-order valence-electron chi connectivity index (χ2n) is 3.03. The largest absolute Gasteiger partial charge is 0.323 e. The summed E-state index contributed by atoms with van der Waals surface area (Å²) in [5, 5.41) is 2.73. The fraction of sp³-hybridized carbons (Fsp3) is 0.0833. The molecule has 0 aliphatic rings. The Morgan fingerprint density at radius 1 is 1.29 bits per heavy atom. The lowest BCUT2D eigenvalue weighted by atomic mass is 10.3. The van der Waals surface area contributed by atoms with Crippen LogP contribution in [0.2, 0.25) is 0 Å². The van der Waals surface area contributed by atoms with E-state index in [1.165, 1.54) is 6.08 Å². The predicted molar refractivity (Wildman–Crippen MR) is 59.0 cm³/mol. The molecule has 0 atom stereocenters. The van der Waals surface area contributed by atoms with Gasteiger partial charge in [-0.25, -0.2) is 0 Å². The maximum Gasteiger partial charge on any atom is 0.248 e. The first kappa shape index (κ1) is 10.3. The molecular formula is C12H13NO. The summed E-state index contributed by atoms with van der Waals surface area (Å²) >= 11 is 0. The van der Waals surface area contributed by atoms with Gasteiger partial charge < -0.3 is 5.32 Å². The minimum absolute atomic E-state index is 0.140. The number of allylic oxidation sites excluding steroid dienone is 2. The molecule has 2 nitrogen and oxygen atoms in total. The van der Waals surface area contributed by atoms with E-state index in [0.717, 1.165) is 11.3 Å². The molecule has 0 aromatic heterocycles. The highest BCUT2D eigenvalue weighted by Crippen LogP contribution is 2.04. The predicted octanol–water partition coefficient (Wildman–Crippen LogP) is 2.76. The number of nitrogens with one attached hydrogen (secondary N) is 1. The van der Waals surface area contributed by atoms with Crippen molar-refractivity contribution in [2.45, 2.75) is 6.92 Å². The summed E-state index contributed by atoms with van der Waals surface area (Å²) < 4.78 is 0. The minimum Gasteiger partial charge on any atom is -0.323 e. The van der Waals surface area contributed by atoms with Gasteiger partial charge in [-0.05, 0) is 19.1 Å². The first-order valence-corrected chi connectivity index (χ1v) is 4.38. The Hall–Kier alpha value is -1.83. The SMILES string of the molecule is C=C(C)/C=C/C(=O)Nc1ccccc1. The molecule has 0 aliphatic carbocycles. The third kappa shape index (κ3) is 3.72. The zero-order valence-corrected chi connectivity index (χ0v) is 8.16. The average molecular weight is 187 g/mol. The van der Waals surface area contributed by atoms with E-state index in [1.54, 1.807) is 6.08 Å². The highest BCUT2D eigenvalue weighted by Gasteiger charge is 1.94. The van der Waals surface area contributed by atoms with E-state index < -0.39 is 0 Å². The van der Waals surface area contributed by atoms with Crippen LogP contribution in [0.3, 0.4) is 0 Å². The van der Waals surface area contributed by atoms with Crippen molar-refractivity contribution in [3.63, 3.8) is 0 Å². The number of rotatable bonds is 3. The van der Waals surface area contributed by atoms with Crippen molar-refractivity contribution in [1.82, 2.24) is 0 Å². The summed E-state index contributed by atoms with van der Waals surface area (Å²) in [4.78, 5) is 11.3. The van der Waals surface area contributed by atoms with Crippen LogP contribution >= 0.6 is 0 Å². The lowest BCUT2D eigenvalue weighted by Gasteiger charge is -2.00. The van der Waals surface area contributed by atoms with Gasteiger partial charge in [0.2, 0.25) is 5.91 Å². The van der Waals surface area contributed by atoms with Gasteiger partial charge >= 0.3 is 0 Å². The first-order chi connectivity index (χ1) is 6.68. The summed E-state index contributed by atoms with van der Waals surface area (Å²) in [6.45, 7) is 5.51. The Bertz CT molecular complexity index is 352. The molecule has 0 fully saturated rings. The van der Waals surface area contributed by atoms with Crippen molar-refractivity contribution in [2.24, 2.45) is 0 Å². The van der Waals surface area contributed by atoms with Crippen LogP contribution in [0.5, 0.6) is 0 Å². The zero-order chi connectivity index (χ0) is 10.4. The van der Waals surface area contributed by atoms with Gasteiger partial charge in [-0.2, -0.15) is 0 Å². The standard InChI is InChI=1S/C12H13NO/c1-10(2)8-9-12(14)13-11-6-4-3-5-7-11/h3-9H,1H2,2H3,(H,13,14)/b9-8+. The van der Waals surface area contributed by atoms with Crippen LogP contribution in [-0.2, 0) is 4.79 Å². The molecule has 14 heavy (non-hydrogen) atoms. The number of anilines is 1. The Labute approximate surface area is 84.0 Å². The molecule has 0 heterocycles. The molecular weight excluding hydrogens is 174 g/mol. The van der Waals surface area contributed by atoms with Crippen molar-refractivity contribution in [1.29, 1.82) is 0 Å². The summed E-state index contributed by atoms with van der Waals surface area (Å²) in [5.41, 5.74) is 1.65. The summed E-state index contributed by atoms with van der Waals surface area (Å²) in [6.07, 6.45) is 3.15. The number of amides is 1. The molecule has 0 unspecified atom stereocenters. The third-order valence-corrected chi connectivity index (χ3v) is 1.56. The number of hydrogen-bond donors (Lipinski definition) is 1. The van der Waals surface area contributed by atoms with Crippen LogP contribution < -0.4 is 5.32 Å². The Balaban J connectivity index is 2.54. The number of hydrogen-bond acceptors (Lipinski definition) is 1. The summed E-state index contributed by atoms with van der Waals surface area (Å²) in [5.74, 6) is -0.140. The highest BCUT2D eigenvalue weighted by atomic mass is 16.1. The normalized spacial score (nSPS) is 10.1. The number of carbonyl (C=O) groups excluding carboxylic acids is 1. The van der Waals surface area contributed by atoms with E-state index in [2.05, 4.69) is 11.9 Å². The third-order valence-electron chi connectivity index (χ3n) is 1.56. The summed E-state index contributed by atoms with van der Waals surface area (Å²) in [7, 11) is 0. The van der Waals surface area contributed by atoms with E-state index in [0.29, 0.717) is 0 Å². The van der Waals surface area contributed by atoms with E-state index in [-0.39, 0.29) is 5.91 Å². The van der Waals surface area contributed by atoms with Gasteiger partial charge in [-0.3, -0.25) is 4.79 Å². The molecule has 72 valence electrons. The molecule has 1 aromatic rings. The summed E-state index contributed by atoms with van der Waals surface area (Å²) in [6, 6.07) is 9.33. The van der Waals surface area contributed by atoms with Crippen LogP contribution in [0.1, 0.15) is 6.92 Å². The maximum absolute atomic E-state index is 11.3. The lowest BCUT2D eigenvalue weighted by molar-refractivity contribution is -0.111. The van der Waals surface area contributed by atoms with Crippen molar-refractivity contribution < 1.29 is 4.79 Å². The molecule has 0 radical (unpaired) electrons. The Morgan fingerprint density at radius 2 is 1.93 bits per heavy atom. The molecule has 2 heteroatoms. The maximum atomic E-state index is 11.3. The fourth-order valence-electron chi connectivity index (χ4n) is 0.923. The van der Waals surface area contributed by atoms with Gasteiger partial charge in [0.1, 0.15) is 0 Å². The second kappa shape index (κ2) is 5.02. The van der Waals surface area contributed by atoms with Gasteiger partial charge in [0, 0.05) is 11.8 Å². The Kier molecular flexibility index (Phi) is 3.68. The topological polar surface area (TPSA) is 29.1 Å². The minimum atomic E-state index is -0.140. The van der Waals surface area contributed by atoms with Gasteiger partial charge in [0.25, 0.3) is 0 Å². The Morgan fingerprint density at radius 3 is 2.50 bits per heavy atom. The molecule has 0 bridgehead atoms. The highest BCUT2D eigenvalue weighted by molar-refractivity contribution is 5.99. The van der Waals surface area contributed by atoms with Crippen LogP contribution in [-0.4, -0.2) is 5.91 Å². The molecule has 0 aliphatic heterocycles. The first-order valence-electron chi connectivity index (χ1n) is 4.38. The van der Waals surface area contributed by atoms with Crippen LogP contribution in [0.15, 0.2) is 54.6 Å². The van der Waals surface area contributed by atoms with Crippen LogP contribution in [0.4, 0.5) is 5.69 Å². The fourth-order valence-corrected chi connectivity index (χ4v) is 0.923. The monoisotopic (exact) mass is 187 g/mol. The van der Waals surface area contributed by atoms with Crippen LogP contribution in [0, 0.1) is 0 Å². The molecule has 1 N–H and O–H groups in total. The van der Waals surface area contributed by atoms with Gasteiger partial charge in [0.05, 0.1) is 0 Å². The van der Waals surface area contributed by atoms with Crippen LogP contribution in [0.25, 0.3) is 0 Å². The second-order valence-corrected chi connectivity index (χ2v) is 3.03. The van der Waals surface area contributed by atoms with Crippen molar-refractivity contribution in [2.75, 3.05) is 5.32 Å². The molecule has 1 amide bonds. The van der Waals surface area contributed by atoms with E-state index in [9.17, 15) is 4.79 Å². The smallest absolute Gasteiger partial charge is 0.248 e. The van der Waals surface area contributed by atoms with Crippen molar-refractivity contribution in [3.05, 3.63) is 54.6 Å². The number of para-hydroxylation sites is 1. The molecule has 1 aromatic carbocycles. The van der Waals surface area contributed by atoms with E-state index in [1.807, 2.05) is 37.3 Å². The average Bonchev–Trinajstić information content (AvgIpc) is 2.16. The quantitative estimate of drug-likeness (QED) is 0.572. The van der Waals surface area contributed by atoms with Gasteiger partial charge in [-0.1, -0.05) is 36.4 Å². The molecule has 0 saturated heterocycles.